The van der Waals surface area contributed by atoms with Gasteiger partial charge in [-0.2, -0.15) is 0 Å². The fourth-order valence-electron chi connectivity index (χ4n) is 1.94. The molecule has 1 aromatic carbocycles. The summed E-state index contributed by atoms with van der Waals surface area (Å²) in [7, 11) is 0. The number of nitrogens with one attached hydrogen (secondary N) is 1. The number of benzene rings is 1. The lowest BCUT2D eigenvalue weighted by atomic mass is 10.0. The molecule has 2 aromatic rings. The van der Waals surface area contributed by atoms with E-state index in [-0.39, 0.29) is 0 Å². The second-order valence-corrected chi connectivity index (χ2v) is 4.22. The fourth-order valence-corrected chi connectivity index (χ4v) is 1.94. The van der Waals surface area contributed by atoms with Crippen LogP contribution in [0.2, 0.25) is 0 Å². The molecule has 0 atom stereocenters. The molecule has 0 aliphatic heterocycles. The van der Waals surface area contributed by atoms with Crippen molar-refractivity contribution < 1.29 is 9.53 Å². The average molecular weight is 271 g/mol. The number of aliphatic imine (C=N–C) groups is 1. The number of esters is 1. The van der Waals surface area contributed by atoms with Gasteiger partial charge in [0.05, 0.1) is 24.0 Å². The number of hydrogen-bond donors (Lipinski definition) is 1. The molecule has 1 N–H and O–H groups in total. The van der Waals surface area contributed by atoms with Crippen LogP contribution in [-0.2, 0) is 9.53 Å². The average Bonchev–Trinajstić information content (AvgIpc) is 2.91. The number of carbonyl (C=O) groups is 1. The summed E-state index contributed by atoms with van der Waals surface area (Å²) in [5.41, 5.74) is 3.82. The number of fused-ring (bicyclic) bond motifs is 1. The molecule has 1 aromatic heterocycles. The first-order valence-corrected chi connectivity index (χ1v) is 6.47. The molecule has 20 heavy (non-hydrogen) atoms. The summed E-state index contributed by atoms with van der Waals surface area (Å²) >= 11 is 0. The zero-order valence-corrected chi connectivity index (χ0v) is 11.8. The Bertz CT molecular complexity index is 683. The summed E-state index contributed by atoms with van der Waals surface area (Å²) in [4.78, 5) is 23.3. The van der Waals surface area contributed by atoms with E-state index >= 15 is 0 Å². The van der Waals surface area contributed by atoms with Gasteiger partial charge in [0.1, 0.15) is 0 Å². The molecular formula is C15H17N3O2. The third kappa shape index (κ3) is 2.77. The van der Waals surface area contributed by atoms with Crippen molar-refractivity contribution in [1.82, 2.24) is 9.97 Å². The quantitative estimate of drug-likeness (QED) is 0.528. The number of imidazole rings is 1. The van der Waals surface area contributed by atoms with Crippen LogP contribution in [-0.4, -0.2) is 28.8 Å². The molecular weight excluding hydrogens is 254 g/mol. The summed E-state index contributed by atoms with van der Waals surface area (Å²) in [5, 5.41) is 0. The van der Waals surface area contributed by atoms with Crippen molar-refractivity contribution in [2.75, 3.05) is 6.61 Å². The maximum Gasteiger partial charge on any atom is 0.357 e. The first kappa shape index (κ1) is 14.0. The molecule has 0 fully saturated rings. The lowest BCUT2D eigenvalue weighted by Crippen LogP contribution is -2.08. The Labute approximate surface area is 117 Å². The van der Waals surface area contributed by atoms with Gasteiger partial charge in [0.25, 0.3) is 0 Å². The van der Waals surface area contributed by atoms with Crippen molar-refractivity contribution >= 4 is 28.8 Å². The minimum atomic E-state index is -0.409. The van der Waals surface area contributed by atoms with Crippen molar-refractivity contribution in [2.45, 2.75) is 20.8 Å². The van der Waals surface area contributed by atoms with Crippen molar-refractivity contribution in [2.24, 2.45) is 4.99 Å². The Morgan fingerprint density at radius 1 is 1.50 bits per heavy atom. The third-order valence-electron chi connectivity index (χ3n) is 2.94. The molecule has 0 spiro atoms. The minimum Gasteiger partial charge on any atom is -0.461 e. The van der Waals surface area contributed by atoms with Crippen LogP contribution in [0.4, 0.5) is 0 Å². The van der Waals surface area contributed by atoms with E-state index in [1.165, 1.54) is 0 Å². The standard InChI is InChI=1S/C15H17N3O2/c1-4-16-14(15(19)20-5-2)10(3)11-6-7-12-13(8-11)18-9-17-12/h4,6-9H,5H2,1-3H3,(H,17,18)/b14-10+,16-4?. The van der Waals surface area contributed by atoms with E-state index in [1.807, 2.05) is 25.1 Å². The Morgan fingerprint density at radius 3 is 3.00 bits per heavy atom. The minimum absolute atomic E-state index is 0.327. The van der Waals surface area contributed by atoms with Gasteiger partial charge in [-0.3, -0.25) is 4.99 Å². The van der Waals surface area contributed by atoms with Crippen molar-refractivity contribution in [1.29, 1.82) is 0 Å². The highest BCUT2D eigenvalue weighted by Gasteiger charge is 2.14. The molecule has 5 nitrogen and oxygen atoms in total. The van der Waals surface area contributed by atoms with Crippen LogP contribution in [0.25, 0.3) is 16.6 Å². The summed E-state index contributed by atoms with van der Waals surface area (Å²) in [6.07, 6.45) is 3.23. The number of allylic oxidation sites excluding steroid dienone is 1. The topological polar surface area (TPSA) is 67.3 Å². The summed E-state index contributed by atoms with van der Waals surface area (Å²) in [5.74, 6) is -0.409. The van der Waals surface area contributed by atoms with E-state index in [2.05, 4.69) is 15.0 Å². The lowest BCUT2D eigenvalue weighted by molar-refractivity contribution is -0.138. The van der Waals surface area contributed by atoms with E-state index in [1.54, 1.807) is 26.4 Å². The van der Waals surface area contributed by atoms with Crippen molar-refractivity contribution in [3.63, 3.8) is 0 Å². The summed E-state index contributed by atoms with van der Waals surface area (Å²) < 4.78 is 5.04. The Kier molecular flexibility index (Phi) is 4.30. The zero-order chi connectivity index (χ0) is 14.5. The second kappa shape index (κ2) is 6.14. The van der Waals surface area contributed by atoms with E-state index in [9.17, 15) is 4.79 Å². The summed E-state index contributed by atoms with van der Waals surface area (Å²) in [6.45, 7) is 5.73. The number of carbonyl (C=O) groups excluding carboxylic acids is 1. The van der Waals surface area contributed by atoms with E-state index in [0.717, 1.165) is 22.2 Å². The van der Waals surface area contributed by atoms with Gasteiger partial charge < -0.3 is 9.72 Å². The predicted octanol–water partition coefficient (Wildman–Crippen LogP) is 2.95. The van der Waals surface area contributed by atoms with Gasteiger partial charge in [-0.25, -0.2) is 9.78 Å². The monoisotopic (exact) mass is 271 g/mol. The number of hydrogen-bond acceptors (Lipinski definition) is 4. The van der Waals surface area contributed by atoms with Crippen LogP contribution in [0.3, 0.4) is 0 Å². The third-order valence-corrected chi connectivity index (χ3v) is 2.94. The molecule has 0 unspecified atom stereocenters. The highest BCUT2D eigenvalue weighted by atomic mass is 16.5. The van der Waals surface area contributed by atoms with Crippen molar-refractivity contribution in [3.05, 3.63) is 35.8 Å². The maximum atomic E-state index is 11.9. The summed E-state index contributed by atoms with van der Waals surface area (Å²) in [6, 6.07) is 5.77. The van der Waals surface area contributed by atoms with Crippen LogP contribution in [0.5, 0.6) is 0 Å². The zero-order valence-electron chi connectivity index (χ0n) is 11.8. The smallest absolute Gasteiger partial charge is 0.357 e. The lowest BCUT2D eigenvalue weighted by Gasteiger charge is -2.07. The van der Waals surface area contributed by atoms with Gasteiger partial charge in [-0.15, -0.1) is 0 Å². The highest BCUT2D eigenvalue weighted by Crippen LogP contribution is 2.23. The molecule has 1 heterocycles. The van der Waals surface area contributed by atoms with Crippen LogP contribution in [0.15, 0.2) is 35.2 Å². The Balaban J connectivity index is 2.49. The van der Waals surface area contributed by atoms with Crippen LogP contribution >= 0.6 is 0 Å². The van der Waals surface area contributed by atoms with Crippen LogP contribution in [0.1, 0.15) is 26.3 Å². The SMILES string of the molecule is CC=N/C(C(=O)OCC)=C(\C)c1ccc2nc[nH]c2c1. The number of H-pyrrole nitrogens is 1. The van der Waals surface area contributed by atoms with E-state index in [4.69, 9.17) is 4.74 Å². The van der Waals surface area contributed by atoms with Crippen LogP contribution < -0.4 is 0 Å². The van der Waals surface area contributed by atoms with Crippen molar-refractivity contribution in [3.8, 4) is 0 Å². The number of rotatable bonds is 4. The number of nitrogens with zero attached hydrogens (tertiary/aromatic N) is 2. The second-order valence-electron chi connectivity index (χ2n) is 4.22. The van der Waals surface area contributed by atoms with Gasteiger partial charge in [0, 0.05) is 6.21 Å². The normalized spacial score (nSPS) is 12.8. The van der Waals surface area contributed by atoms with Gasteiger partial charge in [-0.05, 0) is 44.0 Å². The Morgan fingerprint density at radius 2 is 2.30 bits per heavy atom. The first-order valence-electron chi connectivity index (χ1n) is 6.47. The molecule has 0 aliphatic carbocycles. The molecule has 0 aliphatic rings. The molecule has 0 radical (unpaired) electrons. The van der Waals surface area contributed by atoms with Crippen LogP contribution in [0, 0.1) is 0 Å². The van der Waals surface area contributed by atoms with E-state index < -0.39 is 5.97 Å². The molecule has 0 saturated carbocycles. The van der Waals surface area contributed by atoms with Gasteiger partial charge in [-0.1, -0.05) is 6.07 Å². The number of ether oxygens (including phenoxy) is 1. The van der Waals surface area contributed by atoms with Gasteiger partial charge in [0.15, 0.2) is 5.70 Å². The number of aromatic nitrogens is 2. The largest absolute Gasteiger partial charge is 0.461 e. The predicted molar refractivity (Wildman–Crippen MR) is 79.5 cm³/mol. The van der Waals surface area contributed by atoms with E-state index in [0.29, 0.717) is 12.3 Å². The van der Waals surface area contributed by atoms with Gasteiger partial charge >= 0.3 is 5.97 Å². The van der Waals surface area contributed by atoms with Gasteiger partial charge in [0.2, 0.25) is 0 Å². The molecule has 5 heteroatoms. The highest BCUT2D eigenvalue weighted by molar-refractivity contribution is 5.98. The fraction of sp³-hybridized carbons (Fsp3) is 0.267. The Hall–Kier alpha value is -2.43. The molecule has 104 valence electrons. The molecule has 0 bridgehead atoms. The first-order chi connectivity index (χ1) is 9.67. The molecule has 2 rings (SSSR count). The molecule has 0 amide bonds. The number of aromatic amines is 1. The maximum absolute atomic E-state index is 11.9. The molecule has 0 saturated heterocycles.